The summed E-state index contributed by atoms with van der Waals surface area (Å²) < 4.78 is 5.57. The van der Waals surface area contributed by atoms with Gasteiger partial charge in [0.25, 0.3) is 5.91 Å². The van der Waals surface area contributed by atoms with E-state index in [2.05, 4.69) is 10.6 Å². The van der Waals surface area contributed by atoms with Crippen LogP contribution in [-0.4, -0.2) is 54.7 Å². The van der Waals surface area contributed by atoms with Gasteiger partial charge in [-0.3, -0.25) is 9.69 Å². The van der Waals surface area contributed by atoms with Crippen molar-refractivity contribution in [2.45, 2.75) is 50.2 Å². The fourth-order valence-corrected chi connectivity index (χ4v) is 3.42. The highest BCUT2D eigenvalue weighted by atomic mass is 16.5. The monoisotopic (exact) mass is 281 g/mol. The number of nitrogens with one attached hydrogen (secondary N) is 2. The van der Waals surface area contributed by atoms with Crippen LogP contribution < -0.4 is 10.6 Å². The fourth-order valence-electron chi connectivity index (χ4n) is 3.42. The zero-order valence-electron chi connectivity index (χ0n) is 11.8. The smallest absolute Gasteiger partial charge is 0.325 e. The van der Waals surface area contributed by atoms with Gasteiger partial charge in [0.1, 0.15) is 5.54 Å². The third kappa shape index (κ3) is 2.54. The molecule has 0 radical (unpaired) electrons. The number of imide groups is 1. The highest BCUT2D eigenvalue weighted by Crippen LogP contribution is 2.25. The Morgan fingerprint density at radius 2 is 2.25 bits per heavy atom. The molecule has 3 aliphatic rings. The predicted octanol–water partition coefficient (Wildman–Crippen LogP) is 0.620. The average molecular weight is 281 g/mol. The molecule has 0 saturated carbocycles. The second-order valence-corrected chi connectivity index (χ2v) is 6.03. The first-order valence-electron chi connectivity index (χ1n) is 7.68. The van der Waals surface area contributed by atoms with E-state index in [0.717, 1.165) is 51.7 Å². The second-order valence-electron chi connectivity index (χ2n) is 6.03. The summed E-state index contributed by atoms with van der Waals surface area (Å²) >= 11 is 0. The standard InChI is InChI=1S/C14H23N3O3/c18-12-14(6-3-7-15-10-14)16-13(19)17(12)8-1-4-11-5-2-9-20-11/h11,15H,1-10H2,(H,16,19). The van der Waals surface area contributed by atoms with Crippen LogP contribution in [0.15, 0.2) is 0 Å². The lowest BCUT2D eigenvalue weighted by Gasteiger charge is -2.31. The zero-order valence-corrected chi connectivity index (χ0v) is 11.8. The third-order valence-electron chi connectivity index (χ3n) is 4.56. The van der Waals surface area contributed by atoms with Crippen LogP contribution in [0.25, 0.3) is 0 Å². The number of piperidine rings is 1. The van der Waals surface area contributed by atoms with Crippen LogP contribution >= 0.6 is 0 Å². The van der Waals surface area contributed by atoms with Gasteiger partial charge in [-0.1, -0.05) is 0 Å². The molecule has 3 saturated heterocycles. The number of rotatable bonds is 4. The molecular formula is C14H23N3O3. The van der Waals surface area contributed by atoms with E-state index in [-0.39, 0.29) is 11.9 Å². The van der Waals surface area contributed by atoms with Gasteiger partial charge in [-0.05, 0) is 45.1 Å². The average Bonchev–Trinajstić information content (AvgIpc) is 3.03. The fraction of sp³-hybridized carbons (Fsp3) is 0.857. The molecule has 3 fully saturated rings. The summed E-state index contributed by atoms with van der Waals surface area (Å²) in [6.45, 7) is 2.83. The van der Waals surface area contributed by atoms with Crippen molar-refractivity contribution in [2.24, 2.45) is 0 Å². The van der Waals surface area contributed by atoms with E-state index in [9.17, 15) is 9.59 Å². The summed E-state index contributed by atoms with van der Waals surface area (Å²) in [6, 6.07) is -0.231. The van der Waals surface area contributed by atoms with Crippen molar-refractivity contribution in [3.63, 3.8) is 0 Å². The van der Waals surface area contributed by atoms with Crippen molar-refractivity contribution in [3.8, 4) is 0 Å². The molecule has 1 spiro atoms. The Kier molecular flexibility index (Phi) is 3.94. The van der Waals surface area contributed by atoms with E-state index in [1.807, 2.05) is 0 Å². The van der Waals surface area contributed by atoms with E-state index >= 15 is 0 Å². The number of carbonyl (C=O) groups excluding carboxylic acids is 2. The molecule has 6 nitrogen and oxygen atoms in total. The van der Waals surface area contributed by atoms with Crippen LogP contribution in [0.3, 0.4) is 0 Å². The molecule has 0 aliphatic carbocycles. The maximum atomic E-state index is 12.5. The maximum Gasteiger partial charge on any atom is 0.325 e. The van der Waals surface area contributed by atoms with E-state index in [1.165, 1.54) is 4.90 Å². The minimum Gasteiger partial charge on any atom is -0.378 e. The second kappa shape index (κ2) is 5.69. The van der Waals surface area contributed by atoms with Gasteiger partial charge < -0.3 is 15.4 Å². The van der Waals surface area contributed by atoms with E-state index in [0.29, 0.717) is 19.2 Å². The molecule has 2 unspecified atom stereocenters. The summed E-state index contributed by atoms with van der Waals surface area (Å²) in [5.41, 5.74) is -0.681. The Morgan fingerprint density at radius 3 is 2.95 bits per heavy atom. The van der Waals surface area contributed by atoms with Crippen molar-refractivity contribution in [1.29, 1.82) is 0 Å². The van der Waals surface area contributed by atoms with Gasteiger partial charge in [-0.15, -0.1) is 0 Å². The molecule has 3 amide bonds. The Hall–Kier alpha value is -1.14. The third-order valence-corrected chi connectivity index (χ3v) is 4.56. The number of urea groups is 1. The Labute approximate surface area is 119 Å². The molecule has 3 aliphatic heterocycles. The molecular weight excluding hydrogens is 258 g/mol. The summed E-state index contributed by atoms with van der Waals surface area (Å²) in [7, 11) is 0. The van der Waals surface area contributed by atoms with E-state index < -0.39 is 5.54 Å². The number of hydrogen-bond acceptors (Lipinski definition) is 4. The molecule has 20 heavy (non-hydrogen) atoms. The molecule has 2 atom stereocenters. The zero-order chi connectivity index (χ0) is 14.0. The SMILES string of the molecule is O=C1NC2(CCCNC2)C(=O)N1CCCC1CCCO1. The van der Waals surface area contributed by atoms with Gasteiger partial charge in [0.15, 0.2) is 0 Å². The van der Waals surface area contributed by atoms with Gasteiger partial charge >= 0.3 is 6.03 Å². The molecule has 0 aromatic heterocycles. The minimum absolute atomic E-state index is 0.0537. The van der Waals surface area contributed by atoms with Crippen molar-refractivity contribution in [2.75, 3.05) is 26.2 Å². The lowest BCUT2D eigenvalue weighted by Crippen LogP contribution is -2.57. The first-order valence-corrected chi connectivity index (χ1v) is 7.68. The number of carbonyl (C=O) groups is 2. The number of amides is 3. The molecule has 3 heterocycles. The first-order chi connectivity index (χ1) is 9.71. The summed E-state index contributed by atoms with van der Waals surface area (Å²) in [5, 5.41) is 6.10. The normalized spacial score (nSPS) is 34.0. The van der Waals surface area contributed by atoms with Gasteiger partial charge in [-0.25, -0.2) is 4.79 Å². The van der Waals surface area contributed by atoms with E-state index in [1.54, 1.807) is 0 Å². The summed E-state index contributed by atoms with van der Waals surface area (Å²) in [6.07, 6.45) is 5.98. The molecule has 0 aromatic carbocycles. The predicted molar refractivity (Wildman–Crippen MR) is 73.3 cm³/mol. The Bertz CT molecular complexity index is 387. The van der Waals surface area contributed by atoms with Crippen molar-refractivity contribution < 1.29 is 14.3 Å². The Morgan fingerprint density at radius 1 is 1.35 bits per heavy atom. The van der Waals surface area contributed by atoms with Crippen LogP contribution in [0, 0.1) is 0 Å². The highest BCUT2D eigenvalue weighted by Gasteiger charge is 2.51. The highest BCUT2D eigenvalue weighted by molar-refractivity contribution is 6.07. The van der Waals surface area contributed by atoms with E-state index in [4.69, 9.17) is 4.74 Å². The largest absolute Gasteiger partial charge is 0.378 e. The number of hydrogen-bond donors (Lipinski definition) is 2. The molecule has 2 N–H and O–H groups in total. The van der Waals surface area contributed by atoms with Crippen molar-refractivity contribution in [3.05, 3.63) is 0 Å². The van der Waals surface area contributed by atoms with Crippen LogP contribution in [-0.2, 0) is 9.53 Å². The van der Waals surface area contributed by atoms with Crippen LogP contribution in [0.1, 0.15) is 38.5 Å². The van der Waals surface area contributed by atoms with Crippen molar-refractivity contribution in [1.82, 2.24) is 15.5 Å². The van der Waals surface area contributed by atoms with Gasteiger partial charge in [0, 0.05) is 19.7 Å². The molecule has 6 heteroatoms. The quantitative estimate of drug-likeness (QED) is 0.741. The molecule has 112 valence electrons. The number of ether oxygens (including phenoxy) is 1. The molecule has 0 aromatic rings. The Balaban J connectivity index is 1.53. The van der Waals surface area contributed by atoms with Crippen LogP contribution in [0.4, 0.5) is 4.79 Å². The summed E-state index contributed by atoms with van der Waals surface area (Å²) in [5.74, 6) is -0.0537. The van der Waals surface area contributed by atoms with Crippen molar-refractivity contribution >= 4 is 11.9 Å². The van der Waals surface area contributed by atoms with Gasteiger partial charge in [0.2, 0.25) is 0 Å². The summed E-state index contributed by atoms with van der Waals surface area (Å²) in [4.78, 5) is 25.9. The van der Waals surface area contributed by atoms with Crippen LogP contribution in [0.2, 0.25) is 0 Å². The lowest BCUT2D eigenvalue weighted by atomic mass is 9.90. The molecule has 3 rings (SSSR count). The van der Waals surface area contributed by atoms with Crippen LogP contribution in [0.5, 0.6) is 0 Å². The maximum absolute atomic E-state index is 12.5. The lowest BCUT2D eigenvalue weighted by molar-refractivity contribution is -0.132. The van der Waals surface area contributed by atoms with Gasteiger partial charge in [-0.2, -0.15) is 0 Å². The number of nitrogens with zero attached hydrogens (tertiary/aromatic N) is 1. The van der Waals surface area contributed by atoms with Gasteiger partial charge in [0.05, 0.1) is 6.10 Å². The first kappa shape index (κ1) is 13.8. The topological polar surface area (TPSA) is 70.7 Å². The molecule has 0 bridgehead atoms. The minimum atomic E-state index is -0.681.